The van der Waals surface area contributed by atoms with E-state index >= 15 is 0 Å². The summed E-state index contributed by atoms with van der Waals surface area (Å²) in [6, 6.07) is 1.25. The molecule has 0 saturated carbocycles. The first kappa shape index (κ1) is 13.1. The Morgan fingerprint density at radius 2 is 1.22 bits per heavy atom. The second kappa shape index (κ2) is 9.46. The van der Waals surface area contributed by atoms with E-state index in [9.17, 15) is 0 Å². The monoisotopic (exact) mass is 252 g/mol. The molecule has 0 fully saturated rings. The molecule has 0 saturated heterocycles. The maximum Gasteiger partial charge on any atom is 1.49 e. The summed E-state index contributed by atoms with van der Waals surface area (Å²) in [7, 11) is 0. The first-order valence-electron chi connectivity index (χ1n) is 3.15. The fourth-order valence-corrected chi connectivity index (χ4v) is 0.667. The second-order valence-electron chi connectivity index (χ2n) is 2.48. The molecule has 0 rings (SSSR count). The summed E-state index contributed by atoms with van der Waals surface area (Å²) in [5.41, 5.74) is 0. The van der Waals surface area contributed by atoms with Gasteiger partial charge >= 0.3 is 36.7 Å². The van der Waals surface area contributed by atoms with Crippen molar-refractivity contribution in [3.05, 3.63) is 0 Å². The Morgan fingerprint density at radius 1 is 1.00 bits per heavy atom. The van der Waals surface area contributed by atoms with Gasteiger partial charge in [0.05, 0.1) is 0 Å². The predicted octanol–water partition coefficient (Wildman–Crippen LogP) is 1.90. The Hall–Kier alpha value is 1.46. The Kier molecular flexibility index (Phi) is 13.7. The van der Waals surface area contributed by atoms with Crippen molar-refractivity contribution >= 4 is 36.7 Å². The zero-order valence-electron chi connectivity index (χ0n) is 6.74. The van der Waals surface area contributed by atoms with Crippen molar-refractivity contribution in [2.75, 3.05) is 0 Å². The minimum atomic E-state index is 0.625. The number of hydrogen-bond acceptors (Lipinski definition) is 1. The van der Waals surface area contributed by atoms with Crippen LogP contribution in [0.15, 0.2) is 0 Å². The normalized spacial score (nSPS) is 9.33. The molecule has 0 aromatic rings. The van der Waals surface area contributed by atoms with E-state index in [2.05, 4.69) is 51.9 Å². The van der Waals surface area contributed by atoms with Crippen molar-refractivity contribution in [1.82, 2.24) is 5.32 Å². The van der Waals surface area contributed by atoms with Gasteiger partial charge in [-0.2, -0.15) is 0 Å². The lowest BCUT2D eigenvalue weighted by molar-refractivity contribution is 0.518. The molecule has 0 aliphatic heterocycles. The summed E-state index contributed by atoms with van der Waals surface area (Å²) in [6.07, 6.45) is 0. The number of halogens is 1. The Balaban J connectivity index is 0. The minimum Gasteiger partial charge on any atom is -0.312 e. The largest absolute Gasteiger partial charge is 1.49 e. The lowest BCUT2D eigenvalue weighted by Crippen LogP contribution is -2.29. The standard InChI is InChI=1S/C6H15N.HI.Mg/c1-5(2)7-6(3)4;;/h5-7H,1-4H3;1H;/q;;+3/p-1. The van der Waals surface area contributed by atoms with E-state index in [0.29, 0.717) is 12.1 Å². The number of rotatable bonds is 2. The highest BCUT2D eigenvalue weighted by molar-refractivity contribution is 14.1. The molecular weight excluding hydrogens is 237 g/mol. The molecule has 0 atom stereocenters. The quantitative estimate of drug-likeness (QED) is 0.585. The first-order chi connectivity index (χ1) is 4.13. The van der Waals surface area contributed by atoms with Crippen LogP contribution in [0.5, 0.6) is 0 Å². The van der Waals surface area contributed by atoms with E-state index in [1.807, 2.05) is 17.8 Å². The lowest BCUT2D eigenvalue weighted by Gasteiger charge is -2.10. The first-order valence-corrected chi connectivity index (χ1v) is 8.27. The predicted molar refractivity (Wildman–Crippen MR) is 53.2 cm³/mol. The molecule has 1 N–H and O–H groups in total. The maximum atomic E-state index is 3.31. The highest BCUT2D eigenvalue weighted by Crippen LogP contribution is 1.80. The smallest absolute Gasteiger partial charge is 0.312 e. The molecular formula is C6H15IMgN+2. The van der Waals surface area contributed by atoms with E-state index in [4.69, 9.17) is 0 Å². The van der Waals surface area contributed by atoms with Crippen LogP contribution >= 0.6 is 18.9 Å². The van der Waals surface area contributed by atoms with Crippen molar-refractivity contribution in [2.24, 2.45) is 0 Å². The van der Waals surface area contributed by atoms with Gasteiger partial charge in [0.1, 0.15) is 0 Å². The highest BCUT2D eigenvalue weighted by atomic mass is 127. The minimum absolute atomic E-state index is 0.625. The van der Waals surface area contributed by atoms with Gasteiger partial charge in [0.15, 0.2) is 0 Å². The summed E-state index contributed by atoms with van der Waals surface area (Å²) < 4.78 is 0. The molecule has 51 valence electrons. The van der Waals surface area contributed by atoms with Gasteiger partial charge in [-0.05, 0) is 0 Å². The van der Waals surface area contributed by atoms with E-state index in [-0.39, 0.29) is 0 Å². The van der Waals surface area contributed by atoms with Crippen molar-refractivity contribution in [2.45, 2.75) is 39.8 Å². The topological polar surface area (TPSA) is 12.0 Å². The van der Waals surface area contributed by atoms with Crippen molar-refractivity contribution in [3.8, 4) is 0 Å². The fraction of sp³-hybridized carbons (Fsp3) is 1.00. The van der Waals surface area contributed by atoms with Crippen LogP contribution in [0.2, 0.25) is 0 Å². The van der Waals surface area contributed by atoms with Crippen LogP contribution < -0.4 is 5.32 Å². The van der Waals surface area contributed by atoms with Gasteiger partial charge in [-0.1, -0.05) is 27.7 Å². The zero-order valence-corrected chi connectivity index (χ0v) is 10.3. The molecule has 7 radical (unpaired) electrons. The molecule has 0 bridgehead atoms. The molecule has 1 nitrogen and oxygen atoms in total. The summed E-state index contributed by atoms with van der Waals surface area (Å²) >= 11 is 4.01. The van der Waals surface area contributed by atoms with Crippen LogP contribution in [0.25, 0.3) is 0 Å². The van der Waals surface area contributed by atoms with E-state index in [1.165, 1.54) is 0 Å². The van der Waals surface area contributed by atoms with Crippen LogP contribution in [-0.4, -0.2) is 29.9 Å². The van der Waals surface area contributed by atoms with Gasteiger partial charge in [0.2, 0.25) is 0 Å². The summed E-state index contributed by atoms with van der Waals surface area (Å²) in [4.78, 5) is 0. The third-order valence-electron chi connectivity index (χ3n) is 0.667. The van der Waals surface area contributed by atoms with Gasteiger partial charge in [0.25, 0.3) is 0 Å². The number of hydrogen-bond donors (Lipinski definition) is 1. The van der Waals surface area contributed by atoms with Gasteiger partial charge in [-0.15, -0.1) is 0 Å². The van der Waals surface area contributed by atoms with Crippen LogP contribution in [-0.2, 0) is 0 Å². The molecule has 0 aromatic heterocycles. The Bertz CT molecular complexity index is 42.3. The van der Waals surface area contributed by atoms with Gasteiger partial charge in [0, 0.05) is 12.1 Å². The van der Waals surface area contributed by atoms with Crippen LogP contribution in [0.1, 0.15) is 27.7 Å². The lowest BCUT2D eigenvalue weighted by atomic mass is 10.3. The van der Waals surface area contributed by atoms with E-state index in [1.54, 1.807) is 0 Å². The molecule has 9 heavy (non-hydrogen) atoms. The Morgan fingerprint density at radius 3 is 1.22 bits per heavy atom. The molecule has 0 aromatic carbocycles. The van der Waals surface area contributed by atoms with Crippen LogP contribution in [0, 0.1) is 0 Å². The molecule has 0 unspecified atom stereocenters. The SMILES string of the molecule is CC(C)NC(C)C.[Mg+2][I]. The maximum absolute atomic E-state index is 3.31. The molecule has 0 amide bonds. The van der Waals surface area contributed by atoms with Crippen LogP contribution in [0.3, 0.4) is 0 Å². The van der Waals surface area contributed by atoms with Crippen molar-refractivity contribution in [1.29, 1.82) is 0 Å². The third kappa shape index (κ3) is 17.7. The second-order valence-corrected chi connectivity index (χ2v) is 2.48. The molecule has 0 heterocycles. The molecule has 3 heteroatoms. The fourth-order valence-electron chi connectivity index (χ4n) is 0.667. The summed E-state index contributed by atoms with van der Waals surface area (Å²) in [5, 5.41) is 3.31. The van der Waals surface area contributed by atoms with E-state index in [0.717, 1.165) is 0 Å². The third-order valence-corrected chi connectivity index (χ3v) is 0.667. The number of nitrogens with one attached hydrogen (secondary N) is 1. The van der Waals surface area contributed by atoms with Gasteiger partial charge in [-0.3, -0.25) is 0 Å². The van der Waals surface area contributed by atoms with Gasteiger partial charge in [-0.25, -0.2) is 0 Å². The average molecular weight is 252 g/mol. The summed E-state index contributed by atoms with van der Waals surface area (Å²) in [6.45, 7) is 8.61. The zero-order chi connectivity index (χ0) is 7.86. The Labute approximate surface area is 81.2 Å². The highest BCUT2D eigenvalue weighted by Gasteiger charge is 2.12. The van der Waals surface area contributed by atoms with Crippen molar-refractivity contribution in [3.63, 3.8) is 0 Å². The van der Waals surface area contributed by atoms with Crippen molar-refractivity contribution < 1.29 is 0 Å². The summed E-state index contributed by atoms with van der Waals surface area (Å²) in [5.74, 6) is 0. The van der Waals surface area contributed by atoms with Gasteiger partial charge < -0.3 is 5.32 Å². The average Bonchev–Trinajstić information content (AvgIpc) is 1.68. The molecule has 0 spiro atoms. The van der Waals surface area contributed by atoms with Crippen LogP contribution in [0.4, 0.5) is 0 Å². The molecule has 0 aliphatic carbocycles. The van der Waals surface area contributed by atoms with E-state index < -0.39 is 0 Å². The molecule has 0 aliphatic rings.